The van der Waals surface area contributed by atoms with Gasteiger partial charge < -0.3 is 10.2 Å². The molecule has 1 fully saturated rings. The van der Waals surface area contributed by atoms with Crippen LogP contribution in [0.2, 0.25) is 0 Å². The average molecular weight is 353 g/mol. The van der Waals surface area contributed by atoms with Gasteiger partial charge in [-0.05, 0) is 60.8 Å². The third-order valence-electron chi connectivity index (χ3n) is 4.39. The van der Waals surface area contributed by atoms with Crippen LogP contribution in [-0.2, 0) is 6.54 Å². The summed E-state index contributed by atoms with van der Waals surface area (Å²) in [4.78, 5) is 2.44. The SMILES string of the molecule is Cc1cc(N2CCCC2)ccc1C=NNC(=S)NCc1ccccc1. The van der Waals surface area contributed by atoms with Crippen LogP contribution in [0, 0.1) is 6.92 Å². The lowest BCUT2D eigenvalue weighted by molar-refractivity contribution is 0.869. The molecule has 5 heteroatoms. The molecule has 0 aliphatic carbocycles. The Morgan fingerprint density at radius 2 is 1.92 bits per heavy atom. The van der Waals surface area contributed by atoms with Crippen LogP contribution in [-0.4, -0.2) is 24.4 Å². The van der Waals surface area contributed by atoms with Crippen LogP contribution in [0.25, 0.3) is 0 Å². The molecule has 2 aromatic carbocycles. The molecule has 3 rings (SSSR count). The van der Waals surface area contributed by atoms with Gasteiger partial charge in [0, 0.05) is 25.3 Å². The highest BCUT2D eigenvalue weighted by Crippen LogP contribution is 2.22. The Kier molecular flexibility index (Phi) is 6.01. The highest BCUT2D eigenvalue weighted by atomic mass is 32.1. The molecular weight excluding hydrogens is 328 g/mol. The van der Waals surface area contributed by atoms with Gasteiger partial charge in [0.05, 0.1) is 6.21 Å². The van der Waals surface area contributed by atoms with Gasteiger partial charge in [0.25, 0.3) is 0 Å². The zero-order valence-electron chi connectivity index (χ0n) is 14.5. The van der Waals surface area contributed by atoms with E-state index < -0.39 is 0 Å². The van der Waals surface area contributed by atoms with E-state index in [0.717, 1.165) is 18.7 Å². The predicted molar refractivity (Wildman–Crippen MR) is 109 cm³/mol. The number of nitrogens with zero attached hydrogens (tertiary/aromatic N) is 2. The van der Waals surface area contributed by atoms with Crippen molar-refractivity contribution in [3.8, 4) is 0 Å². The first kappa shape index (κ1) is 17.4. The molecule has 0 saturated carbocycles. The Balaban J connectivity index is 1.50. The fourth-order valence-electron chi connectivity index (χ4n) is 2.95. The molecule has 0 amide bonds. The van der Waals surface area contributed by atoms with Crippen molar-refractivity contribution in [1.82, 2.24) is 10.7 Å². The quantitative estimate of drug-likeness (QED) is 0.490. The van der Waals surface area contributed by atoms with Crippen molar-refractivity contribution in [1.29, 1.82) is 0 Å². The Labute approximate surface area is 154 Å². The number of benzene rings is 2. The van der Waals surface area contributed by atoms with E-state index in [-0.39, 0.29) is 0 Å². The van der Waals surface area contributed by atoms with Gasteiger partial charge in [-0.15, -0.1) is 0 Å². The van der Waals surface area contributed by atoms with Crippen molar-refractivity contribution in [3.05, 3.63) is 65.2 Å². The smallest absolute Gasteiger partial charge is 0.187 e. The van der Waals surface area contributed by atoms with E-state index in [1.807, 2.05) is 24.4 Å². The first-order valence-corrected chi connectivity index (χ1v) is 9.09. The predicted octanol–water partition coefficient (Wildman–Crippen LogP) is 3.59. The average Bonchev–Trinajstić information content (AvgIpc) is 3.17. The van der Waals surface area contributed by atoms with Crippen molar-refractivity contribution in [2.24, 2.45) is 5.10 Å². The Hall–Kier alpha value is -2.40. The summed E-state index contributed by atoms with van der Waals surface area (Å²) in [5.41, 5.74) is 7.69. The molecule has 0 radical (unpaired) electrons. The Morgan fingerprint density at radius 3 is 2.64 bits per heavy atom. The lowest BCUT2D eigenvalue weighted by Gasteiger charge is -2.18. The maximum absolute atomic E-state index is 5.25. The van der Waals surface area contributed by atoms with E-state index in [1.165, 1.54) is 29.7 Å². The Morgan fingerprint density at radius 1 is 1.16 bits per heavy atom. The highest BCUT2D eigenvalue weighted by Gasteiger charge is 2.12. The van der Waals surface area contributed by atoms with Crippen molar-refractivity contribution in [2.45, 2.75) is 26.3 Å². The van der Waals surface area contributed by atoms with E-state index in [2.05, 4.69) is 58.0 Å². The first-order chi connectivity index (χ1) is 12.2. The fourth-order valence-corrected chi connectivity index (χ4v) is 3.08. The number of nitrogens with one attached hydrogen (secondary N) is 2. The van der Waals surface area contributed by atoms with E-state index in [1.54, 1.807) is 0 Å². The Bertz CT molecular complexity index is 737. The third kappa shape index (κ3) is 5.03. The largest absolute Gasteiger partial charge is 0.372 e. The topological polar surface area (TPSA) is 39.7 Å². The van der Waals surface area contributed by atoms with Gasteiger partial charge in [-0.25, -0.2) is 0 Å². The second-order valence-corrected chi connectivity index (χ2v) is 6.68. The third-order valence-corrected chi connectivity index (χ3v) is 4.63. The summed E-state index contributed by atoms with van der Waals surface area (Å²) in [6.45, 7) is 5.13. The zero-order chi connectivity index (χ0) is 17.5. The van der Waals surface area contributed by atoms with E-state index in [0.29, 0.717) is 11.7 Å². The number of aryl methyl sites for hydroxylation is 1. The molecule has 4 nitrogen and oxygen atoms in total. The van der Waals surface area contributed by atoms with Gasteiger partial charge in [-0.1, -0.05) is 36.4 Å². The van der Waals surface area contributed by atoms with Crippen molar-refractivity contribution in [2.75, 3.05) is 18.0 Å². The van der Waals surface area contributed by atoms with Crippen molar-refractivity contribution < 1.29 is 0 Å². The van der Waals surface area contributed by atoms with Crippen LogP contribution in [0.3, 0.4) is 0 Å². The molecule has 1 aliphatic heterocycles. The summed E-state index contributed by atoms with van der Waals surface area (Å²) in [7, 11) is 0. The molecule has 1 aliphatic rings. The molecule has 25 heavy (non-hydrogen) atoms. The van der Waals surface area contributed by atoms with Gasteiger partial charge in [-0.2, -0.15) is 5.10 Å². The molecule has 2 N–H and O–H groups in total. The fraction of sp³-hybridized carbons (Fsp3) is 0.300. The number of hydrogen-bond acceptors (Lipinski definition) is 3. The van der Waals surface area contributed by atoms with E-state index in [9.17, 15) is 0 Å². The molecule has 1 saturated heterocycles. The van der Waals surface area contributed by atoms with Crippen molar-refractivity contribution >= 4 is 29.2 Å². The summed E-state index contributed by atoms with van der Waals surface area (Å²) < 4.78 is 0. The molecule has 1 heterocycles. The lowest BCUT2D eigenvalue weighted by Crippen LogP contribution is -2.31. The second-order valence-electron chi connectivity index (χ2n) is 6.27. The number of thiocarbonyl (C=S) groups is 1. The van der Waals surface area contributed by atoms with Gasteiger partial charge in [-0.3, -0.25) is 5.43 Å². The summed E-state index contributed by atoms with van der Waals surface area (Å²) in [5.74, 6) is 0. The minimum Gasteiger partial charge on any atom is -0.372 e. The van der Waals surface area contributed by atoms with E-state index >= 15 is 0 Å². The van der Waals surface area contributed by atoms with E-state index in [4.69, 9.17) is 12.2 Å². The van der Waals surface area contributed by atoms with Gasteiger partial charge in [0.2, 0.25) is 0 Å². The minimum atomic E-state index is 0.520. The van der Waals surface area contributed by atoms with Crippen LogP contribution in [0.5, 0.6) is 0 Å². The molecule has 2 aromatic rings. The number of anilines is 1. The molecule has 130 valence electrons. The molecule has 0 aromatic heterocycles. The van der Waals surface area contributed by atoms with Crippen LogP contribution >= 0.6 is 12.2 Å². The van der Waals surface area contributed by atoms with Gasteiger partial charge in [0.15, 0.2) is 5.11 Å². The monoisotopic (exact) mass is 352 g/mol. The maximum Gasteiger partial charge on any atom is 0.187 e. The normalized spacial score (nSPS) is 14.0. The van der Waals surface area contributed by atoms with Crippen LogP contribution in [0.15, 0.2) is 53.6 Å². The molecule has 0 atom stereocenters. The summed E-state index contributed by atoms with van der Waals surface area (Å²) in [6, 6.07) is 16.7. The van der Waals surface area contributed by atoms with Gasteiger partial charge >= 0.3 is 0 Å². The number of hydrogen-bond donors (Lipinski definition) is 2. The van der Waals surface area contributed by atoms with Crippen LogP contribution in [0.4, 0.5) is 5.69 Å². The van der Waals surface area contributed by atoms with Crippen molar-refractivity contribution in [3.63, 3.8) is 0 Å². The molecular formula is C20H24N4S. The summed E-state index contributed by atoms with van der Waals surface area (Å²) in [5, 5.41) is 7.92. The standard InChI is InChI=1S/C20H24N4S/c1-16-13-19(24-11-5-6-12-24)10-9-18(16)15-22-23-20(25)21-14-17-7-3-2-4-8-17/h2-4,7-10,13,15H,5-6,11-12,14H2,1H3,(H2,21,23,25). The van der Waals surface area contributed by atoms with Crippen LogP contribution in [0.1, 0.15) is 29.5 Å². The highest BCUT2D eigenvalue weighted by molar-refractivity contribution is 7.80. The second kappa shape index (κ2) is 8.62. The number of hydrazone groups is 1. The lowest BCUT2D eigenvalue weighted by atomic mass is 10.1. The summed E-state index contributed by atoms with van der Waals surface area (Å²) in [6.07, 6.45) is 4.40. The minimum absolute atomic E-state index is 0.520. The molecule has 0 unspecified atom stereocenters. The first-order valence-electron chi connectivity index (χ1n) is 8.69. The molecule has 0 spiro atoms. The maximum atomic E-state index is 5.25. The van der Waals surface area contributed by atoms with Gasteiger partial charge in [0.1, 0.15) is 0 Å². The summed E-state index contributed by atoms with van der Waals surface area (Å²) >= 11 is 5.25. The zero-order valence-corrected chi connectivity index (χ0v) is 15.4. The number of rotatable bonds is 5. The molecule has 0 bridgehead atoms. The van der Waals surface area contributed by atoms with Crippen LogP contribution < -0.4 is 15.6 Å².